The number of alkyl halides is 1. The van der Waals surface area contributed by atoms with Crippen LogP contribution in [0.2, 0.25) is 0 Å². The van der Waals surface area contributed by atoms with E-state index >= 15 is 0 Å². The van der Waals surface area contributed by atoms with E-state index in [-0.39, 0.29) is 29.2 Å². The SMILES string of the molecule is Cc1ccc(NC2(C(=O)NC3CC4(CCN(C(=O)CCl)CC4)C3)CCOCC2)cc1. The van der Waals surface area contributed by atoms with Crippen molar-refractivity contribution in [1.29, 1.82) is 0 Å². The van der Waals surface area contributed by atoms with E-state index in [2.05, 4.69) is 29.7 Å². The summed E-state index contributed by atoms with van der Waals surface area (Å²) < 4.78 is 5.54. The summed E-state index contributed by atoms with van der Waals surface area (Å²) >= 11 is 5.68. The largest absolute Gasteiger partial charge is 0.381 e. The Labute approximate surface area is 183 Å². The van der Waals surface area contributed by atoms with Crippen LogP contribution in [0.4, 0.5) is 5.69 Å². The topological polar surface area (TPSA) is 70.7 Å². The highest BCUT2D eigenvalue weighted by Gasteiger charge is 2.49. The number of nitrogens with one attached hydrogen (secondary N) is 2. The second-order valence-corrected chi connectivity index (χ2v) is 9.55. The molecule has 0 bridgehead atoms. The Hall–Kier alpha value is -1.79. The van der Waals surface area contributed by atoms with Crippen molar-refractivity contribution in [3.63, 3.8) is 0 Å². The summed E-state index contributed by atoms with van der Waals surface area (Å²) in [7, 11) is 0. The maximum Gasteiger partial charge on any atom is 0.246 e. The van der Waals surface area contributed by atoms with E-state index < -0.39 is 5.54 Å². The van der Waals surface area contributed by atoms with Crippen molar-refractivity contribution < 1.29 is 14.3 Å². The van der Waals surface area contributed by atoms with Gasteiger partial charge in [0.2, 0.25) is 11.8 Å². The second-order valence-electron chi connectivity index (χ2n) is 9.28. The summed E-state index contributed by atoms with van der Waals surface area (Å²) in [4.78, 5) is 27.0. The number of carbonyl (C=O) groups is 2. The molecule has 0 aromatic heterocycles. The summed E-state index contributed by atoms with van der Waals surface area (Å²) in [6.45, 7) is 4.80. The maximum atomic E-state index is 13.3. The van der Waals surface area contributed by atoms with Crippen LogP contribution in [0.5, 0.6) is 0 Å². The Balaban J connectivity index is 1.34. The summed E-state index contributed by atoms with van der Waals surface area (Å²) in [5.41, 5.74) is 1.82. The number of halogens is 1. The van der Waals surface area contributed by atoms with Crippen molar-refractivity contribution >= 4 is 29.1 Å². The summed E-state index contributed by atoms with van der Waals surface area (Å²) in [5.74, 6) is 0.172. The molecule has 7 heteroatoms. The quantitative estimate of drug-likeness (QED) is 0.700. The lowest BCUT2D eigenvalue weighted by atomic mass is 9.60. The zero-order valence-electron chi connectivity index (χ0n) is 17.7. The van der Waals surface area contributed by atoms with Gasteiger partial charge in [0.1, 0.15) is 11.4 Å². The fraction of sp³-hybridized carbons (Fsp3) is 0.652. The number of amides is 2. The molecule has 2 amide bonds. The van der Waals surface area contributed by atoms with Crippen LogP contribution in [0.3, 0.4) is 0 Å². The average molecular weight is 434 g/mol. The number of benzene rings is 1. The van der Waals surface area contributed by atoms with Crippen LogP contribution < -0.4 is 10.6 Å². The number of piperidine rings is 1. The third kappa shape index (κ3) is 4.45. The molecule has 0 radical (unpaired) electrons. The Morgan fingerprint density at radius 2 is 1.73 bits per heavy atom. The number of rotatable bonds is 5. The zero-order valence-corrected chi connectivity index (χ0v) is 18.5. The lowest BCUT2D eigenvalue weighted by Crippen LogP contribution is -2.62. The Kier molecular flexibility index (Phi) is 6.26. The molecule has 2 aliphatic heterocycles. The standard InChI is InChI=1S/C23H32ClN3O3/c1-17-2-4-18(5-3-17)26-23(8-12-30-13-9-23)21(29)25-19-14-22(15-19)6-10-27(11-7-22)20(28)16-24/h2-5,19,26H,6-16H2,1H3,(H,25,29). The van der Waals surface area contributed by atoms with Crippen molar-refractivity contribution in [2.75, 3.05) is 37.5 Å². The monoisotopic (exact) mass is 433 g/mol. The molecule has 164 valence electrons. The third-order valence-electron chi connectivity index (χ3n) is 7.20. The molecule has 3 fully saturated rings. The molecule has 1 spiro atoms. The molecule has 0 unspecified atom stereocenters. The van der Waals surface area contributed by atoms with E-state index in [1.807, 2.05) is 17.0 Å². The Morgan fingerprint density at radius 3 is 2.33 bits per heavy atom. The van der Waals surface area contributed by atoms with Crippen LogP contribution in [0, 0.1) is 12.3 Å². The van der Waals surface area contributed by atoms with Crippen molar-refractivity contribution in [1.82, 2.24) is 10.2 Å². The number of carbonyl (C=O) groups excluding carboxylic acids is 2. The van der Waals surface area contributed by atoms with E-state index in [0.717, 1.165) is 44.5 Å². The van der Waals surface area contributed by atoms with Crippen molar-refractivity contribution in [2.24, 2.45) is 5.41 Å². The van der Waals surface area contributed by atoms with Gasteiger partial charge >= 0.3 is 0 Å². The molecule has 30 heavy (non-hydrogen) atoms. The molecule has 4 rings (SSSR count). The first-order chi connectivity index (χ1) is 14.4. The minimum absolute atomic E-state index is 0.0272. The van der Waals surface area contributed by atoms with E-state index in [9.17, 15) is 9.59 Å². The molecular formula is C23H32ClN3O3. The first kappa shape index (κ1) is 21.4. The van der Waals surface area contributed by atoms with Crippen molar-refractivity contribution in [2.45, 2.75) is 57.0 Å². The van der Waals surface area contributed by atoms with E-state index in [1.165, 1.54) is 5.56 Å². The van der Waals surface area contributed by atoms with Gasteiger partial charge in [-0.05, 0) is 50.2 Å². The normalized spacial score (nSPS) is 22.9. The van der Waals surface area contributed by atoms with Gasteiger partial charge in [-0.15, -0.1) is 11.6 Å². The van der Waals surface area contributed by atoms with Gasteiger partial charge < -0.3 is 20.3 Å². The van der Waals surface area contributed by atoms with Gasteiger partial charge in [0.05, 0.1) is 0 Å². The molecule has 1 aromatic rings. The number of nitrogens with zero attached hydrogens (tertiary/aromatic N) is 1. The Morgan fingerprint density at radius 1 is 1.10 bits per heavy atom. The molecule has 1 aromatic carbocycles. The van der Waals surface area contributed by atoms with Gasteiger partial charge in [-0.3, -0.25) is 9.59 Å². The number of ether oxygens (including phenoxy) is 1. The van der Waals surface area contributed by atoms with Crippen molar-refractivity contribution in [3.8, 4) is 0 Å². The maximum absolute atomic E-state index is 13.3. The van der Waals surface area contributed by atoms with Gasteiger partial charge in [-0.1, -0.05) is 17.7 Å². The van der Waals surface area contributed by atoms with Gasteiger partial charge in [-0.2, -0.15) is 0 Å². The highest BCUT2D eigenvalue weighted by atomic mass is 35.5. The van der Waals surface area contributed by atoms with Gasteiger partial charge in [-0.25, -0.2) is 0 Å². The molecule has 6 nitrogen and oxygen atoms in total. The number of anilines is 1. The molecule has 1 saturated carbocycles. The summed E-state index contributed by atoms with van der Waals surface area (Å²) in [5, 5.41) is 6.84. The minimum Gasteiger partial charge on any atom is -0.381 e. The first-order valence-electron chi connectivity index (χ1n) is 11.0. The van der Waals surface area contributed by atoms with Gasteiger partial charge in [0.25, 0.3) is 0 Å². The van der Waals surface area contributed by atoms with Gasteiger partial charge in [0, 0.05) is 50.9 Å². The van der Waals surface area contributed by atoms with E-state index in [4.69, 9.17) is 16.3 Å². The predicted octanol–water partition coefficient (Wildman–Crippen LogP) is 3.08. The van der Waals surface area contributed by atoms with Crippen LogP contribution in [0.1, 0.15) is 44.1 Å². The smallest absolute Gasteiger partial charge is 0.246 e. The van der Waals surface area contributed by atoms with Gasteiger partial charge in [0.15, 0.2) is 0 Å². The zero-order chi connectivity index (χ0) is 21.2. The third-order valence-corrected chi connectivity index (χ3v) is 7.43. The summed E-state index contributed by atoms with van der Waals surface area (Å²) in [6, 6.07) is 8.41. The van der Waals surface area contributed by atoms with Crippen LogP contribution in [0.25, 0.3) is 0 Å². The van der Waals surface area contributed by atoms with Crippen LogP contribution in [0.15, 0.2) is 24.3 Å². The molecule has 1 aliphatic carbocycles. The molecule has 0 atom stereocenters. The molecule has 2 saturated heterocycles. The fourth-order valence-corrected chi connectivity index (χ4v) is 5.35. The molecule has 3 aliphatic rings. The first-order valence-corrected chi connectivity index (χ1v) is 11.5. The predicted molar refractivity (Wildman–Crippen MR) is 118 cm³/mol. The minimum atomic E-state index is -0.619. The van der Waals surface area contributed by atoms with E-state index in [0.29, 0.717) is 26.1 Å². The van der Waals surface area contributed by atoms with Crippen LogP contribution in [-0.4, -0.2) is 60.5 Å². The average Bonchev–Trinajstić information content (AvgIpc) is 2.75. The number of likely N-dealkylation sites (tertiary alicyclic amines) is 1. The van der Waals surface area contributed by atoms with E-state index in [1.54, 1.807) is 0 Å². The van der Waals surface area contributed by atoms with Crippen molar-refractivity contribution in [3.05, 3.63) is 29.8 Å². The molecule has 2 N–H and O–H groups in total. The second kappa shape index (κ2) is 8.75. The lowest BCUT2D eigenvalue weighted by Gasteiger charge is -2.53. The van der Waals surface area contributed by atoms with Crippen LogP contribution in [-0.2, 0) is 14.3 Å². The van der Waals surface area contributed by atoms with Crippen LogP contribution >= 0.6 is 11.6 Å². The highest BCUT2D eigenvalue weighted by Crippen LogP contribution is 2.49. The number of hydrogen-bond acceptors (Lipinski definition) is 4. The summed E-state index contributed by atoms with van der Waals surface area (Å²) in [6.07, 6.45) is 5.34. The molecule has 2 heterocycles. The fourth-order valence-electron chi connectivity index (χ4n) is 5.18. The Bertz CT molecular complexity index is 760. The number of aryl methyl sites for hydroxylation is 1. The molecular weight excluding hydrogens is 402 g/mol. The number of hydrogen-bond donors (Lipinski definition) is 2. The lowest BCUT2D eigenvalue weighted by molar-refractivity contribution is -0.134. The highest BCUT2D eigenvalue weighted by molar-refractivity contribution is 6.27.